The van der Waals surface area contributed by atoms with Gasteiger partial charge in [-0.15, -0.1) is 0 Å². The van der Waals surface area contributed by atoms with Gasteiger partial charge in [-0.1, -0.05) is 5.16 Å². The average molecular weight is 326 g/mol. The lowest BCUT2D eigenvalue weighted by Gasteiger charge is -2.21. The number of imidazole rings is 1. The van der Waals surface area contributed by atoms with E-state index in [1.54, 1.807) is 14.1 Å². The maximum absolute atomic E-state index is 12.4. The number of amides is 1. The van der Waals surface area contributed by atoms with Crippen molar-refractivity contribution in [2.75, 3.05) is 20.7 Å². The molecule has 0 spiro atoms. The van der Waals surface area contributed by atoms with Crippen LogP contribution in [0, 0.1) is 13.8 Å². The van der Waals surface area contributed by atoms with Gasteiger partial charge in [0.2, 0.25) is 0 Å². The summed E-state index contributed by atoms with van der Waals surface area (Å²) >= 11 is 0. The Morgan fingerprint density at radius 2 is 2.08 bits per heavy atom. The number of carbonyl (C=O) groups excluding carboxylic acids is 1. The van der Waals surface area contributed by atoms with E-state index in [-0.39, 0.29) is 5.91 Å². The molecule has 0 atom stereocenters. The van der Waals surface area contributed by atoms with Crippen LogP contribution in [0.1, 0.15) is 22.1 Å². The maximum atomic E-state index is 12.4. The lowest BCUT2D eigenvalue weighted by molar-refractivity contribution is 0.0810. The van der Waals surface area contributed by atoms with Gasteiger partial charge in [0.05, 0.1) is 23.3 Å². The first kappa shape index (κ1) is 14.7. The second-order valence-electron chi connectivity index (χ2n) is 6.14. The highest BCUT2D eigenvalue weighted by Crippen LogP contribution is 2.41. The molecule has 0 fully saturated rings. The van der Waals surface area contributed by atoms with Gasteiger partial charge in [0.15, 0.2) is 11.6 Å². The van der Waals surface area contributed by atoms with Crippen molar-refractivity contribution in [2.24, 2.45) is 0 Å². The minimum atomic E-state index is -0.113. The Morgan fingerprint density at radius 1 is 1.29 bits per heavy atom. The Bertz CT molecular complexity index is 949. The fourth-order valence-corrected chi connectivity index (χ4v) is 3.22. The molecule has 3 heterocycles. The van der Waals surface area contributed by atoms with Crippen LogP contribution in [0.3, 0.4) is 0 Å². The lowest BCUT2D eigenvalue weighted by Crippen LogP contribution is -2.27. The summed E-state index contributed by atoms with van der Waals surface area (Å²) in [4.78, 5) is 18.5. The van der Waals surface area contributed by atoms with E-state index in [2.05, 4.69) is 10.1 Å². The number of hydrogen-bond acceptors (Lipinski definition) is 5. The van der Waals surface area contributed by atoms with Gasteiger partial charge in [0.1, 0.15) is 17.9 Å². The largest absolute Gasteiger partial charge is 0.489 e. The van der Waals surface area contributed by atoms with E-state index in [1.165, 1.54) is 4.90 Å². The van der Waals surface area contributed by atoms with E-state index in [1.807, 2.05) is 30.5 Å². The number of benzene rings is 1. The fraction of sp³-hybridized carbons (Fsp3) is 0.353. The first-order valence-corrected chi connectivity index (χ1v) is 7.80. The summed E-state index contributed by atoms with van der Waals surface area (Å²) in [6.07, 6.45) is 0. The number of aromatic nitrogens is 3. The smallest absolute Gasteiger partial charge is 0.289 e. The second-order valence-corrected chi connectivity index (χ2v) is 6.14. The van der Waals surface area contributed by atoms with Crippen LogP contribution in [-0.4, -0.2) is 46.2 Å². The summed E-state index contributed by atoms with van der Waals surface area (Å²) in [6.45, 7) is 4.88. The molecule has 0 saturated carbocycles. The van der Waals surface area contributed by atoms with Gasteiger partial charge in [0, 0.05) is 19.7 Å². The summed E-state index contributed by atoms with van der Waals surface area (Å²) in [7, 11) is 3.45. The third-order valence-corrected chi connectivity index (χ3v) is 4.32. The maximum Gasteiger partial charge on any atom is 0.289 e. The van der Waals surface area contributed by atoms with Crippen LogP contribution in [-0.2, 0) is 6.54 Å². The van der Waals surface area contributed by atoms with E-state index in [9.17, 15) is 4.79 Å². The van der Waals surface area contributed by atoms with Crippen LogP contribution in [0.15, 0.2) is 16.7 Å². The standard InChI is InChI=1S/C17H18N4O3/c1-9-13(10(2)24-19-9)11-5-6-12-14-15(11)23-8-7-21(14)16(18-12)17(22)20(3)4/h5-6H,7-8H2,1-4H3. The Balaban J connectivity index is 2.02. The summed E-state index contributed by atoms with van der Waals surface area (Å²) < 4.78 is 13.2. The lowest BCUT2D eigenvalue weighted by atomic mass is 10.0. The Hall–Kier alpha value is -2.83. The van der Waals surface area contributed by atoms with Gasteiger partial charge in [-0.2, -0.15) is 0 Å². The van der Waals surface area contributed by atoms with Crippen LogP contribution < -0.4 is 4.74 Å². The number of rotatable bonds is 2. The minimum absolute atomic E-state index is 0.113. The molecular formula is C17H18N4O3. The molecule has 1 amide bonds. The van der Waals surface area contributed by atoms with Gasteiger partial charge in [0.25, 0.3) is 5.91 Å². The van der Waals surface area contributed by atoms with Gasteiger partial charge >= 0.3 is 0 Å². The quantitative estimate of drug-likeness (QED) is 0.723. The Kier molecular flexibility index (Phi) is 3.13. The molecule has 7 nitrogen and oxygen atoms in total. The zero-order valence-corrected chi connectivity index (χ0v) is 14.1. The highest BCUT2D eigenvalue weighted by molar-refractivity contribution is 5.99. The van der Waals surface area contributed by atoms with Crippen molar-refractivity contribution in [2.45, 2.75) is 20.4 Å². The Labute approximate surface area is 138 Å². The number of carbonyl (C=O) groups is 1. The van der Waals surface area contributed by atoms with E-state index >= 15 is 0 Å². The number of ether oxygens (including phenoxy) is 1. The van der Waals surface area contributed by atoms with Gasteiger partial charge in [-0.05, 0) is 26.0 Å². The van der Waals surface area contributed by atoms with E-state index in [0.717, 1.165) is 39.4 Å². The van der Waals surface area contributed by atoms with Gasteiger partial charge in [-0.25, -0.2) is 4.98 Å². The van der Waals surface area contributed by atoms with Crippen molar-refractivity contribution in [3.63, 3.8) is 0 Å². The van der Waals surface area contributed by atoms with Crippen molar-refractivity contribution < 1.29 is 14.1 Å². The van der Waals surface area contributed by atoms with Crippen molar-refractivity contribution in [1.29, 1.82) is 0 Å². The van der Waals surface area contributed by atoms with Crippen molar-refractivity contribution in [3.05, 3.63) is 29.4 Å². The Morgan fingerprint density at radius 3 is 2.75 bits per heavy atom. The van der Waals surface area contributed by atoms with Crippen LogP contribution in [0.4, 0.5) is 0 Å². The molecular weight excluding hydrogens is 308 g/mol. The monoisotopic (exact) mass is 326 g/mol. The predicted molar refractivity (Wildman–Crippen MR) is 88.2 cm³/mol. The van der Waals surface area contributed by atoms with E-state index in [4.69, 9.17) is 9.26 Å². The zero-order chi connectivity index (χ0) is 17.0. The van der Waals surface area contributed by atoms with Gasteiger partial charge in [-0.3, -0.25) is 4.79 Å². The van der Waals surface area contributed by atoms with Crippen molar-refractivity contribution >= 4 is 16.9 Å². The molecule has 3 aromatic rings. The van der Waals surface area contributed by atoms with Crippen molar-refractivity contribution in [3.8, 4) is 16.9 Å². The average Bonchev–Trinajstić information content (AvgIpc) is 3.10. The van der Waals surface area contributed by atoms with E-state index in [0.29, 0.717) is 19.0 Å². The van der Waals surface area contributed by atoms with Crippen LogP contribution in [0.5, 0.6) is 5.75 Å². The number of hydrogen-bond donors (Lipinski definition) is 0. The molecule has 0 radical (unpaired) electrons. The SMILES string of the molecule is Cc1noc(C)c1-c1ccc2nc(C(=O)N(C)C)n3c2c1OCC3. The highest BCUT2D eigenvalue weighted by atomic mass is 16.5. The fourth-order valence-electron chi connectivity index (χ4n) is 3.22. The summed E-state index contributed by atoms with van der Waals surface area (Å²) in [6, 6.07) is 3.87. The summed E-state index contributed by atoms with van der Waals surface area (Å²) in [5.74, 6) is 1.81. The molecule has 7 heteroatoms. The van der Waals surface area contributed by atoms with Crippen molar-refractivity contribution in [1.82, 2.24) is 19.6 Å². The first-order chi connectivity index (χ1) is 11.5. The third kappa shape index (κ3) is 1.94. The normalized spacial score (nSPS) is 13.2. The molecule has 24 heavy (non-hydrogen) atoms. The molecule has 1 aliphatic rings. The molecule has 0 N–H and O–H groups in total. The second kappa shape index (κ2) is 5.09. The van der Waals surface area contributed by atoms with E-state index < -0.39 is 0 Å². The molecule has 0 bridgehead atoms. The van der Waals surface area contributed by atoms with Crippen LogP contribution >= 0.6 is 0 Å². The molecule has 0 unspecified atom stereocenters. The first-order valence-electron chi connectivity index (χ1n) is 7.80. The van der Waals surface area contributed by atoms with Crippen LogP contribution in [0.25, 0.3) is 22.2 Å². The molecule has 124 valence electrons. The topological polar surface area (TPSA) is 73.4 Å². The molecule has 4 rings (SSSR count). The molecule has 1 aliphatic heterocycles. The molecule has 2 aromatic heterocycles. The summed E-state index contributed by atoms with van der Waals surface area (Å²) in [5.41, 5.74) is 4.27. The molecule has 0 aliphatic carbocycles. The molecule has 0 saturated heterocycles. The zero-order valence-electron chi connectivity index (χ0n) is 14.1. The van der Waals surface area contributed by atoms with Crippen LogP contribution in [0.2, 0.25) is 0 Å². The third-order valence-electron chi connectivity index (χ3n) is 4.32. The highest BCUT2D eigenvalue weighted by Gasteiger charge is 2.27. The summed E-state index contributed by atoms with van der Waals surface area (Å²) in [5, 5.41) is 4.03. The number of aryl methyl sites for hydroxylation is 2. The predicted octanol–water partition coefficient (Wildman–Crippen LogP) is 2.40. The van der Waals surface area contributed by atoms with Gasteiger partial charge < -0.3 is 18.7 Å². The molecule has 1 aromatic carbocycles. The minimum Gasteiger partial charge on any atom is -0.489 e. The number of nitrogens with zero attached hydrogens (tertiary/aromatic N) is 4.